The number of pyridine rings is 1. The van der Waals surface area contributed by atoms with E-state index in [-0.39, 0.29) is 11.1 Å². The molecule has 0 spiro atoms. The van der Waals surface area contributed by atoms with E-state index in [4.69, 9.17) is 5.11 Å². The molecule has 1 saturated carbocycles. The van der Waals surface area contributed by atoms with Gasteiger partial charge in [-0.3, -0.25) is 9.59 Å². The lowest BCUT2D eigenvalue weighted by atomic mass is 10.1. The van der Waals surface area contributed by atoms with Crippen LogP contribution in [0.1, 0.15) is 29.6 Å². The summed E-state index contributed by atoms with van der Waals surface area (Å²) < 4.78 is 1.34. The molecule has 0 radical (unpaired) electrons. The molecule has 2 N–H and O–H groups in total. The molecule has 1 aliphatic carbocycles. The Bertz CT molecular complexity index is 560. The molecular weight excluding hydrogens is 248 g/mol. The average molecular weight is 264 g/mol. The van der Waals surface area contributed by atoms with Crippen LogP contribution >= 0.6 is 0 Å². The maximum atomic E-state index is 11.9. The number of hydrogen-bond acceptors (Lipinski definition) is 3. The van der Waals surface area contributed by atoms with E-state index >= 15 is 0 Å². The first-order chi connectivity index (χ1) is 8.97. The van der Waals surface area contributed by atoms with Gasteiger partial charge in [0.1, 0.15) is 6.04 Å². The third-order valence-corrected chi connectivity index (χ3v) is 3.24. The molecule has 19 heavy (non-hydrogen) atoms. The Morgan fingerprint density at radius 2 is 2.21 bits per heavy atom. The van der Waals surface area contributed by atoms with Gasteiger partial charge in [-0.2, -0.15) is 0 Å². The molecule has 1 atom stereocenters. The van der Waals surface area contributed by atoms with E-state index in [9.17, 15) is 14.4 Å². The number of aliphatic carboxylic acids is 1. The first kappa shape index (κ1) is 13.3. The number of aromatic nitrogens is 1. The summed E-state index contributed by atoms with van der Waals surface area (Å²) in [6, 6.07) is 1.81. The fraction of sp³-hybridized carbons (Fsp3) is 0.462. The number of carbonyl (C=O) groups excluding carboxylic acids is 1. The van der Waals surface area contributed by atoms with E-state index in [0.29, 0.717) is 12.3 Å². The number of nitrogens with one attached hydrogen (secondary N) is 1. The molecule has 0 aliphatic heterocycles. The minimum Gasteiger partial charge on any atom is -0.480 e. The van der Waals surface area contributed by atoms with Gasteiger partial charge in [0.2, 0.25) is 0 Å². The highest BCUT2D eigenvalue weighted by molar-refractivity contribution is 5.96. The van der Waals surface area contributed by atoms with Gasteiger partial charge in [0.05, 0.1) is 0 Å². The Morgan fingerprint density at radius 1 is 1.53 bits per heavy atom. The zero-order valence-electron chi connectivity index (χ0n) is 10.6. The van der Waals surface area contributed by atoms with E-state index < -0.39 is 17.9 Å². The second-order valence-electron chi connectivity index (χ2n) is 4.91. The Morgan fingerprint density at radius 3 is 2.74 bits per heavy atom. The number of carboxylic acid groups (broad SMARTS) is 1. The summed E-state index contributed by atoms with van der Waals surface area (Å²) >= 11 is 0. The molecule has 6 heteroatoms. The van der Waals surface area contributed by atoms with Gasteiger partial charge in [-0.25, -0.2) is 4.79 Å². The van der Waals surface area contributed by atoms with Gasteiger partial charge in [-0.15, -0.1) is 0 Å². The van der Waals surface area contributed by atoms with Crippen molar-refractivity contribution in [1.29, 1.82) is 0 Å². The van der Waals surface area contributed by atoms with Gasteiger partial charge >= 0.3 is 5.97 Å². The van der Waals surface area contributed by atoms with Gasteiger partial charge in [0, 0.05) is 24.9 Å². The minimum absolute atomic E-state index is 0.185. The molecule has 2 rings (SSSR count). The van der Waals surface area contributed by atoms with Crippen molar-refractivity contribution >= 4 is 11.9 Å². The lowest BCUT2D eigenvalue weighted by Gasteiger charge is -2.14. The Labute approximate surface area is 110 Å². The van der Waals surface area contributed by atoms with Crippen LogP contribution in [0.25, 0.3) is 0 Å². The van der Waals surface area contributed by atoms with Crippen LogP contribution in [0, 0.1) is 5.92 Å². The largest absolute Gasteiger partial charge is 0.480 e. The van der Waals surface area contributed by atoms with Crippen LogP contribution in [-0.4, -0.2) is 27.6 Å². The van der Waals surface area contributed by atoms with Crippen LogP contribution in [0.3, 0.4) is 0 Å². The summed E-state index contributed by atoms with van der Waals surface area (Å²) in [6.07, 6.45) is 3.97. The summed E-state index contributed by atoms with van der Waals surface area (Å²) in [5, 5.41) is 11.5. The summed E-state index contributed by atoms with van der Waals surface area (Å²) in [5.41, 5.74) is -0.119. The summed E-state index contributed by atoms with van der Waals surface area (Å²) in [7, 11) is 1.58. The van der Waals surface area contributed by atoms with E-state index in [1.165, 1.54) is 22.9 Å². The van der Waals surface area contributed by atoms with Crippen molar-refractivity contribution in [2.75, 3.05) is 0 Å². The molecule has 0 aromatic carbocycles. The quantitative estimate of drug-likeness (QED) is 0.804. The van der Waals surface area contributed by atoms with Gasteiger partial charge in [-0.05, 0) is 18.4 Å². The molecule has 102 valence electrons. The Balaban J connectivity index is 2.07. The number of amides is 1. The van der Waals surface area contributed by atoms with E-state index in [0.717, 1.165) is 12.8 Å². The number of carboxylic acids is 1. The monoisotopic (exact) mass is 264 g/mol. The van der Waals surface area contributed by atoms with Crippen LogP contribution in [0.4, 0.5) is 0 Å². The third-order valence-electron chi connectivity index (χ3n) is 3.24. The van der Waals surface area contributed by atoms with Gasteiger partial charge in [0.25, 0.3) is 11.5 Å². The second kappa shape index (κ2) is 5.26. The summed E-state index contributed by atoms with van der Waals surface area (Å²) in [5.74, 6) is -1.17. The minimum atomic E-state index is -1.04. The number of rotatable bonds is 5. The molecule has 0 bridgehead atoms. The molecule has 1 aromatic heterocycles. The molecule has 6 nitrogen and oxygen atoms in total. The van der Waals surface area contributed by atoms with E-state index in [2.05, 4.69) is 5.32 Å². The highest BCUT2D eigenvalue weighted by Gasteiger charge is 2.30. The Hall–Kier alpha value is -2.11. The third kappa shape index (κ3) is 3.43. The van der Waals surface area contributed by atoms with Crippen molar-refractivity contribution in [2.24, 2.45) is 13.0 Å². The van der Waals surface area contributed by atoms with E-state index in [1.807, 2.05) is 0 Å². The van der Waals surface area contributed by atoms with Crippen molar-refractivity contribution in [3.05, 3.63) is 34.2 Å². The molecule has 0 saturated heterocycles. The predicted octanol–water partition coefficient (Wildman–Crippen LogP) is 0.368. The van der Waals surface area contributed by atoms with Crippen molar-refractivity contribution in [2.45, 2.75) is 25.3 Å². The number of aryl methyl sites for hydroxylation is 1. The fourth-order valence-electron chi connectivity index (χ4n) is 1.84. The van der Waals surface area contributed by atoms with Crippen LogP contribution in [0.2, 0.25) is 0 Å². The van der Waals surface area contributed by atoms with Crippen molar-refractivity contribution in [1.82, 2.24) is 9.88 Å². The second-order valence-corrected chi connectivity index (χ2v) is 4.91. The van der Waals surface area contributed by atoms with Crippen molar-refractivity contribution in [3.63, 3.8) is 0 Å². The predicted molar refractivity (Wildman–Crippen MR) is 67.9 cm³/mol. The fourth-order valence-corrected chi connectivity index (χ4v) is 1.84. The normalized spacial score (nSPS) is 15.8. The molecule has 1 heterocycles. The van der Waals surface area contributed by atoms with Crippen LogP contribution in [0.5, 0.6) is 0 Å². The molecule has 1 unspecified atom stereocenters. The maximum absolute atomic E-state index is 11.9. The number of hydrogen-bond donors (Lipinski definition) is 2. The lowest BCUT2D eigenvalue weighted by molar-refractivity contribution is -0.139. The first-order valence-electron chi connectivity index (χ1n) is 6.17. The molecule has 1 amide bonds. The topological polar surface area (TPSA) is 88.4 Å². The molecule has 1 aliphatic rings. The molecule has 1 aromatic rings. The Kier molecular flexibility index (Phi) is 3.69. The van der Waals surface area contributed by atoms with E-state index in [1.54, 1.807) is 7.05 Å². The van der Waals surface area contributed by atoms with Gasteiger partial charge in [0.15, 0.2) is 0 Å². The summed E-state index contributed by atoms with van der Waals surface area (Å²) in [6.45, 7) is 0. The van der Waals surface area contributed by atoms with Crippen LogP contribution in [-0.2, 0) is 11.8 Å². The maximum Gasteiger partial charge on any atom is 0.326 e. The molecular formula is C13H16N2O4. The standard InChI is InChI=1S/C13H16N2O4/c1-15-5-4-9(7-11(15)16)12(17)14-10(13(18)19)6-8-2-3-8/h4-5,7-8,10H,2-3,6H2,1H3,(H,14,17)(H,18,19). The SMILES string of the molecule is Cn1ccc(C(=O)NC(CC2CC2)C(=O)O)cc1=O. The van der Waals surface area contributed by atoms with Crippen LogP contribution in [0.15, 0.2) is 23.1 Å². The van der Waals surface area contributed by atoms with Crippen LogP contribution < -0.4 is 10.9 Å². The number of carbonyl (C=O) groups is 2. The molecule has 1 fully saturated rings. The first-order valence-corrected chi connectivity index (χ1v) is 6.17. The number of nitrogens with zero attached hydrogens (tertiary/aromatic N) is 1. The summed E-state index contributed by atoms with van der Waals surface area (Å²) in [4.78, 5) is 34.4. The van der Waals surface area contributed by atoms with Crippen molar-refractivity contribution < 1.29 is 14.7 Å². The lowest BCUT2D eigenvalue weighted by Crippen LogP contribution is -2.41. The highest BCUT2D eigenvalue weighted by Crippen LogP contribution is 2.33. The highest BCUT2D eigenvalue weighted by atomic mass is 16.4. The smallest absolute Gasteiger partial charge is 0.326 e. The zero-order valence-corrected chi connectivity index (χ0v) is 10.6. The average Bonchev–Trinajstić information content (AvgIpc) is 3.15. The van der Waals surface area contributed by atoms with Crippen molar-refractivity contribution in [3.8, 4) is 0 Å². The zero-order chi connectivity index (χ0) is 14.0. The van der Waals surface area contributed by atoms with Gasteiger partial charge in [-0.1, -0.05) is 12.8 Å². The van der Waals surface area contributed by atoms with Gasteiger partial charge < -0.3 is 15.0 Å².